The number of hydrogen-bond acceptors (Lipinski definition) is 3. The van der Waals surface area contributed by atoms with Crippen molar-refractivity contribution < 1.29 is 4.79 Å². The third-order valence-corrected chi connectivity index (χ3v) is 4.31. The molecule has 0 radical (unpaired) electrons. The fourth-order valence-corrected chi connectivity index (χ4v) is 2.84. The van der Waals surface area contributed by atoms with Crippen molar-refractivity contribution in [1.29, 1.82) is 0 Å². The molecule has 0 spiro atoms. The molecule has 1 aliphatic rings. The van der Waals surface area contributed by atoms with Crippen molar-refractivity contribution in [2.75, 3.05) is 13.1 Å². The van der Waals surface area contributed by atoms with Crippen LogP contribution in [-0.2, 0) is 6.54 Å². The van der Waals surface area contributed by atoms with Crippen LogP contribution < -0.4 is 16.2 Å². The molecule has 128 valence electrons. The van der Waals surface area contributed by atoms with Crippen LogP contribution in [0.3, 0.4) is 0 Å². The average molecular weight is 368 g/mol. The Labute approximate surface area is 151 Å². The summed E-state index contributed by atoms with van der Waals surface area (Å²) >= 11 is 6.14. The number of carbonyl (C=O) groups is 1. The van der Waals surface area contributed by atoms with Crippen molar-refractivity contribution in [1.82, 2.24) is 15.2 Å². The zero-order valence-electron chi connectivity index (χ0n) is 13.0. The van der Waals surface area contributed by atoms with Gasteiger partial charge in [-0.25, -0.2) is 0 Å². The number of rotatable bonds is 4. The minimum Gasteiger partial charge on any atom is -0.348 e. The van der Waals surface area contributed by atoms with Crippen LogP contribution in [0.4, 0.5) is 0 Å². The maximum absolute atomic E-state index is 12.3. The van der Waals surface area contributed by atoms with Crippen molar-refractivity contribution >= 4 is 29.9 Å². The second-order valence-electron chi connectivity index (χ2n) is 5.64. The van der Waals surface area contributed by atoms with Crippen LogP contribution in [0, 0.1) is 0 Å². The van der Waals surface area contributed by atoms with E-state index in [1.807, 2.05) is 18.2 Å². The summed E-state index contributed by atoms with van der Waals surface area (Å²) in [5.41, 5.74) is 1.15. The normalized spacial score (nSPS) is 16.5. The highest BCUT2D eigenvalue weighted by atomic mass is 35.5. The van der Waals surface area contributed by atoms with Crippen molar-refractivity contribution in [2.24, 2.45) is 0 Å². The summed E-state index contributed by atoms with van der Waals surface area (Å²) in [5.74, 6) is -0.161. The zero-order chi connectivity index (χ0) is 16.2. The van der Waals surface area contributed by atoms with E-state index in [4.69, 9.17) is 11.6 Å². The van der Waals surface area contributed by atoms with Crippen LogP contribution in [0.25, 0.3) is 0 Å². The third kappa shape index (κ3) is 4.38. The summed E-state index contributed by atoms with van der Waals surface area (Å²) in [6, 6.07) is 10.5. The summed E-state index contributed by atoms with van der Waals surface area (Å²) in [5, 5.41) is 6.78. The molecule has 1 saturated heterocycles. The van der Waals surface area contributed by atoms with Gasteiger partial charge in [0.2, 0.25) is 0 Å². The van der Waals surface area contributed by atoms with Gasteiger partial charge in [0, 0.05) is 29.9 Å². The van der Waals surface area contributed by atoms with Crippen molar-refractivity contribution in [3.05, 3.63) is 69.1 Å². The standard InChI is InChI=1S/C17H18ClN3O2.ClH/c18-15-4-2-1-3-12(15)10-21-11-13(5-6-16(21)22)17(23)20-14-7-8-19-9-14;/h1-6,11,14,19H,7-10H2,(H,20,23);1H. The molecule has 1 atom stereocenters. The summed E-state index contributed by atoms with van der Waals surface area (Å²) < 4.78 is 1.50. The second-order valence-corrected chi connectivity index (χ2v) is 6.05. The first kappa shape index (κ1) is 18.5. The second kappa shape index (κ2) is 8.33. The third-order valence-electron chi connectivity index (χ3n) is 3.94. The summed E-state index contributed by atoms with van der Waals surface area (Å²) in [4.78, 5) is 24.3. The number of aromatic nitrogens is 1. The minimum absolute atomic E-state index is 0. The Morgan fingerprint density at radius 1 is 1.29 bits per heavy atom. The van der Waals surface area contributed by atoms with Crippen LogP contribution in [0.1, 0.15) is 22.3 Å². The Morgan fingerprint density at radius 2 is 2.08 bits per heavy atom. The molecule has 0 saturated carbocycles. The van der Waals surface area contributed by atoms with Crippen LogP contribution in [-0.4, -0.2) is 29.6 Å². The molecule has 0 bridgehead atoms. The smallest absolute Gasteiger partial charge is 0.253 e. The summed E-state index contributed by atoms with van der Waals surface area (Å²) in [6.45, 7) is 2.03. The minimum atomic E-state index is -0.163. The fraction of sp³-hybridized carbons (Fsp3) is 0.294. The van der Waals surface area contributed by atoms with Gasteiger partial charge in [-0.3, -0.25) is 9.59 Å². The topological polar surface area (TPSA) is 63.1 Å². The molecule has 2 heterocycles. The van der Waals surface area contributed by atoms with Crippen LogP contribution in [0.5, 0.6) is 0 Å². The number of carbonyl (C=O) groups excluding carboxylic acids is 1. The first-order valence-electron chi connectivity index (χ1n) is 7.59. The van der Waals surface area contributed by atoms with Gasteiger partial charge in [-0.15, -0.1) is 12.4 Å². The molecule has 24 heavy (non-hydrogen) atoms. The number of nitrogens with zero attached hydrogens (tertiary/aromatic N) is 1. The number of amides is 1. The maximum Gasteiger partial charge on any atom is 0.253 e. The van der Waals surface area contributed by atoms with Gasteiger partial charge in [0.15, 0.2) is 0 Å². The number of nitrogens with one attached hydrogen (secondary N) is 2. The number of halogens is 2. The van der Waals surface area contributed by atoms with E-state index in [2.05, 4.69) is 10.6 Å². The summed E-state index contributed by atoms with van der Waals surface area (Å²) in [6.07, 6.45) is 2.51. The monoisotopic (exact) mass is 367 g/mol. The van der Waals surface area contributed by atoms with E-state index in [1.54, 1.807) is 18.3 Å². The number of benzene rings is 1. The van der Waals surface area contributed by atoms with Crippen molar-refractivity contribution in [2.45, 2.75) is 19.0 Å². The SMILES string of the molecule is Cl.O=C(NC1CCNC1)c1ccc(=O)n(Cc2ccccc2Cl)c1. The molecule has 5 nitrogen and oxygen atoms in total. The van der Waals surface area contributed by atoms with E-state index in [0.717, 1.165) is 25.1 Å². The zero-order valence-corrected chi connectivity index (χ0v) is 14.6. The van der Waals surface area contributed by atoms with Gasteiger partial charge in [-0.1, -0.05) is 29.8 Å². The molecule has 1 unspecified atom stereocenters. The molecule has 0 aliphatic carbocycles. The molecule has 1 aromatic carbocycles. The lowest BCUT2D eigenvalue weighted by Gasteiger charge is -2.13. The van der Waals surface area contributed by atoms with Crippen LogP contribution in [0.15, 0.2) is 47.4 Å². The first-order valence-corrected chi connectivity index (χ1v) is 7.97. The van der Waals surface area contributed by atoms with Gasteiger partial charge in [-0.05, 0) is 30.7 Å². The Morgan fingerprint density at radius 3 is 2.79 bits per heavy atom. The van der Waals surface area contributed by atoms with Gasteiger partial charge in [0.1, 0.15) is 0 Å². The van der Waals surface area contributed by atoms with Gasteiger partial charge in [0.05, 0.1) is 12.1 Å². The molecule has 3 rings (SSSR count). The lowest BCUT2D eigenvalue weighted by atomic mass is 10.2. The highest BCUT2D eigenvalue weighted by Gasteiger charge is 2.18. The fourth-order valence-electron chi connectivity index (χ4n) is 2.65. The van der Waals surface area contributed by atoms with Gasteiger partial charge in [-0.2, -0.15) is 0 Å². The highest BCUT2D eigenvalue weighted by molar-refractivity contribution is 6.31. The van der Waals surface area contributed by atoms with Crippen molar-refractivity contribution in [3.8, 4) is 0 Å². The highest BCUT2D eigenvalue weighted by Crippen LogP contribution is 2.15. The van der Waals surface area contributed by atoms with E-state index in [1.165, 1.54) is 10.6 Å². The lowest BCUT2D eigenvalue weighted by molar-refractivity contribution is 0.0939. The van der Waals surface area contributed by atoms with Gasteiger partial charge >= 0.3 is 0 Å². The average Bonchev–Trinajstić information content (AvgIpc) is 3.04. The Kier molecular flexibility index (Phi) is 6.43. The Bertz CT molecular complexity index is 770. The quantitative estimate of drug-likeness (QED) is 0.869. The predicted octanol–water partition coefficient (Wildman–Crippen LogP) is 2.06. The van der Waals surface area contributed by atoms with E-state index >= 15 is 0 Å². The molecule has 1 fully saturated rings. The Hall–Kier alpha value is -1.82. The van der Waals surface area contributed by atoms with Gasteiger partial charge < -0.3 is 15.2 Å². The largest absolute Gasteiger partial charge is 0.348 e. The molecule has 2 aromatic rings. The predicted molar refractivity (Wildman–Crippen MR) is 97.2 cm³/mol. The lowest BCUT2D eigenvalue weighted by Crippen LogP contribution is -2.36. The van der Waals surface area contributed by atoms with Crippen LogP contribution >= 0.6 is 24.0 Å². The molecule has 1 aliphatic heterocycles. The van der Waals surface area contributed by atoms with Gasteiger partial charge in [0.25, 0.3) is 11.5 Å². The molecular formula is C17H19Cl2N3O2. The van der Waals surface area contributed by atoms with E-state index in [0.29, 0.717) is 17.1 Å². The summed E-state index contributed by atoms with van der Waals surface area (Å²) in [7, 11) is 0. The van der Waals surface area contributed by atoms with Crippen molar-refractivity contribution in [3.63, 3.8) is 0 Å². The molecule has 7 heteroatoms. The number of pyridine rings is 1. The maximum atomic E-state index is 12.3. The molecule has 2 N–H and O–H groups in total. The number of hydrogen-bond donors (Lipinski definition) is 2. The molecular weight excluding hydrogens is 349 g/mol. The first-order chi connectivity index (χ1) is 11.1. The van der Waals surface area contributed by atoms with E-state index in [-0.39, 0.29) is 29.9 Å². The van der Waals surface area contributed by atoms with E-state index in [9.17, 15) is 9.59 Å². The Balaban J connectivity index is 0.00000208. The molecule has 1 amide bonds. The van der Waals surface area contributed by atoms with Crippen LogP contribution in [0.2, 0.25) is 5.02 Å². The molecule has 1 aromatic heterocycles. The van der Waals surface area contributed by atoms with E-state index < -0.39 is 0 Å².